The molecule has 0 unspecified atom stereocenters. The predicted molar refractivity (Wildman–Crippen MR) is 79.3 cm³/mol. The summed E-state index contributed by atoms with van der Waals surface area (Å²) < 4.78 is 39.7. The summed E-state index contributed by atoms with van der Waals surface area (Å²) in [6.07, 6.45) is 0. The number of nitrogens with two attached hydrogens (primary N) is 1. The molecule has 0 aliphatic carbocycles. The average Bonchev–Trinajstić information content (AvgIpc) is 2.48. The summed E-state index contributed by atoms with van der Waals surface area (Å²) in [5.41, 5.74) is 5.45. The second-order valence-corrected chi connectivity index (χ2v) is 4.60. The lowest BCUT2D eigenvalue weighted by Crippen LogP contribution is -2.39. The van der Waals surface area contributed by atoms with Crippen LogP contribution in [0.5, 0.6) is 0 Å². The Hall–Kier alpha value is -3.03. The fraction of sp³-hybridized carbons (Fsp3) is 0.0667. The van der Waals surface area contributed by atoms with Gasteiger partial charge >= 0.3 is 6.03 Å². The van der Waals surface area contributed by atoms with Crippen molar-refractivity contribution in [3.8, 4) is 0 Å². The zero-order valence-electron chi connectivity index (χ0n) is 11.9. The first-order valence-electron chi connectivity index (χ1n) is 6.42. The molecule has 3 N–H and O–H groups in total. The maximum atomic E-state index is 13.6. The quantitative estimate of drug-likeness (QED) is 0.658. The van der Waals surface area contributed by atoms with Gasteiger partial charge in [0.05, 0.1) is 11.4 Å². The molecule has 2 aromatic rings. The predicted octanol–water partition coefficient (Wildman–Crippen LogP) is 3.27. The van der Waals surface area contributed by atoms with Crippen molar-refractivity contribution < 1.29 is 22.8 Å². The normalized spacial score (nSPS) is 10.3. The highest BCUT2D eigenvalue weighted by Crippen LogP contribution is 2.22. The highest BCUT2D eigenvalue weighted by atomic mass is 19.2. The Morgan fingerprint density at radius 2 is 1.78 bits per heavy atom. The molecule has 0 bridgehead atoms. The van der Waals surface area contributed by atoms with E-state index in [-0.39, 0.29) is 5.69 Å². The number of hydrogen-bond acceptors (Lipinski definition) is 3. The van der Waals surface area contributed by atoms with Crippen LogP contribution < -0.4 is 16.0 Å². The van der Waals surface area contributed by atoms with E-state index in [2.05, 4.69) is 0 Å². The van der Waals surface area contributed by atoms with Crippen LogP contribution in [0.2, 0.25) is 0 Å². The highest BCUT2D eigenvalue weighted by Gasteiger charge is 2.23. The van der Waals surface area contributed by atoms with Gasteiger partial charge in [0, 0.05) is 12.6 Å². The molecule has 0 radical (unpaired) electrons. The summed E-state index contributed by atoms with van der Waals surface area (Å²) in [4.78, 5) is 24.6. The fourth-order valence-electron chi connectivity index (χ4n) is 1.90. The molecule has 5 nitrogen and oxygen atoms in total. The number of halogens is 3. The van der Waals surface area contributed by atoms with Gasteiger partial charge in [-0.25, -0.2) is 22.9 Å². The summed E-state index contributed by atoms with van der Waals surface area (Å²) in [5.74, 6) is -5.34. The van der Waals surface area contributed by atoms with E-state index < -0.39 is 35.1 Å². The molecule has 0 atom stereocenters. The zero-order chi connectivity index (χ0) is 17.1. The van der Waals surface area contributed by atoms with E-state index in [0.717, 1.165) is 13.0 Å². The number of hydrogen-bond donors (Lipinski definition) is 2. The number of amides is 3. The van der Waals surface area contributed by atoms with E-state index in [0.29, 0.717) is 16.7 Å². The smallest absolute Gasteiger partial charge is 0.333 e. The second-order valence-electron chi connectivity index (χ2n) is 4.60. The molecule has 0 saturated carbocycles. The molecule has 0 saturated heterocycles. The van der Waals surface area contributed by atoms with E-state index in [9.17, 15) is 22.8 Å². The van der Waals surface area contributed by atoms with Crippen LogP contribution in [0, 0.1) is 17.5 Å². The van der Waals surface area contributed by atoms with Gasteiger partial charge in [-0.1, -0.05) is 6.07 Å². The van der Waals surface area contributed by atoms with E-state index in [1.165, 1.54) is 18.2 Å². The molecule has 0 spiro atoms. The van der Waals surface area contributed by atoms with Gasteiger partial charge in [-0.05, 0) is 30.3 Å². The third-order valence-electron chi connectivity index (χ3n) is 2.92. The molecular weight excluding hydrogens is 311 g/mol. The minimum atomic E-state index is -1.72. The summed E-state index contributed by atoms with van der Waals surface area (Å²) >= 11 is 0. The molecule has 3 amide bonds. The van der Waals surface area contributed by atoms with Crippen LogP contribution in [-0.2, 0) is 4.79 Å². The largest absolute Gasteiger partial charge is 0.399 e. The Bertz CT molecular complexity index is 781. The van der Waals surface area contributed by atoms with Gasteiger partial charge in [0.2, 0.25) is 5.91 Å². The maximum Gasteiger partial charge on any atom is 0.333 e. The minimum Gasteiger partial charge on any atom is -0.399 e. The number of carbonyl (C=O) groups is 2. The number of nitrogens with zero attached hydrogens (tertiary/aromatic N) is 1. The molecule has 0 aromatic heterocycles. The van der Waals surface area contributed by atoms with E-state index in [4.69, 9.17) is 5.73 Å². The summed E-state index contributed by atoms with van der Waals surface area (Å²) in [6.45, 7) is 1.12. The van der Waals surface area contributed by atoms with Crippen molar-refractivity contribution in [1.82, 2.24) is 0 Å². The molecule has 2 aromatic carbocycles. The number of urea groups is 1. The summed E-state index contributed by atoms with van der Waals surface area (Å²) in [6, 6.07) is 6.35. The van der Waals surface area contributed by atoms with Crippen molar-refractivity contribution in [2.75, 3.05) is 16.0 Å². The SMILES string of the molecule is CC(=O)N(C(=O)Nc1ccc(F)c(F)c1F)c1cccc(N)c1. The molecule has 8 heteroatoms. The van der Waals surface area contributed by atoms with Gasteiger partial charge in [0.25, 0.3) is 0 Å². The molecule has 0 fully saturated rings. The summed E-state index contributed by atoms with van der Waals surface area (Å²) in [5, 5.41) is 2.02. The van der Waals surface area contributed by atoms with Crippen LogP contribution in [0.4, 0.5) is 35.0 Å². The first-order chi connectivity index (χ1) is 10.8. The van der Waals surface area contributed by atoms with Gasteiger partial charge in [-0.2, -0.15) is 0 Å². The Morgan fingerprint density at radius 1 is 1.09 bits per heavy atom. The van der Waals surface area contributed by atoms with E-state index in [1.807, 2.05) is 5.32 Å². The van der Waals surface area contributed by atoms with Crippen LogP contribution in [-0.4, -0.2) is 11.9 Å². The number of benzene rings is 2. The number of rotatable bonds is 2. The van der Waals surface area contributed by atoms with Crippen LogP contribution in [0.15, 0.2) is 36.4 Å². The second kappa shape index (κ2) is 6.39. The van der Waals surface area contributed by atoms with Crippen molar-refractivity contribution in [3.05, 3.63) is 53.8 Å². The Morgan fingerprint density at radius 3 is 2.39 bits per heavy atom. The minimum absolute atomic E-state index is 0.151. The van der Waals surface area contributed by atoms with Gasteiger partial charge < -0.3 is 11.1 Å². The van der Waals surface area contributed by atoms with Gasteiger partial charge in [-0.15, -0.1) is 0 Å². The maximum absolute atomic E-state index is 13.6. The van der Waals surface area contributed by atoms with Crippen molar-refractivity contribution >= 4 is 29.0 Å². The van der Waals surface area contributed by atoms with E-state index in [1.54, 1.807) is 6.07 Å². The monoisotopic (exact) mass is 323 g/mol. The topological polar surface area (TPSA) is 75.4 Å². The number of nitrogens with one attached hydrogen (secondary N) is 1. The van der Waals surface area contributed by atoms with Crippen molar-refractivity contribution in [2.24, 2.45) is 0 Å². The van der Waals surface area contributed by atoms with Crippen molar-refractivity contribution in [3.63, 3.8) is 0 Å². The first-order valence-corrected chi connectivity index (χ1v) is 6.42. The Balaban J connectivity index is 2.33. The first kappa shape index (κ1) is 16.3. The van der Waals surface area contributed by atoms with Crippen molar-refractivity contribution in [1.29, 1.82) is 0 Å². The zero-order valence-corrected chi connectivity index (χ0v) is 11.9. The standard InChI is InChI=1S/C15H12F3N3O2/c1-8(22)21(10-4-2-3-9(19)7-10)15(23)20-12-6-5-11(16)13(17)14(12)18/h2-7H,19H2,1H3,(H,20,23). The van der Waals surface area contributed by atoms with Crippen molar-refractivity contribution in [2.45, 2.75) is 6.92 Å². The lowest BCUT2D eigenvalue weighted by molar-refractivity contribution is -0.115. The van der Waals surface area contributed by atoms with Crippen LogP contribution in [0.1, 0.15) is 6.92 Å². The van der Waals surface area contributed by atoms with Gasteiger partial charge in [0.1, 0.15) is 0 Å². The van der Waals surface area contributed by atoms with Gasteiger partial charge in [-0.3, -0.25) is 4.79 Å². The number of imide groups is 1. The third-order valence-corrected chi connectivity index (χ3v) is 2.92. The molecule has 23 heavy (non-hydrogen) atoms. The summed E-state index contributed by atoms with van der Waals surface area (Å²) in [7, 11) is 0. The number of anilines is 3. The molecular formula is C15H12F3N3O2. The molecule has 0 heterocycles. The number of carbonyl (C=O) groups excluding carboxylic acids is 2. The van der Waals surface area contributed by atoms with Crippen LogP contribution >= 0.6 is 0 Å². The molecule has 0 aliphatic rings. The average molecular weight is 323 g/mol. The fourth-order valence-corrected chi connectivity index (χ4v) is 1.90. The molecule has 2 rings (SSSR count). The molecule has 0 aliphatic heterocycles. The van der Waals surface area contributed by atoms with Gasteiger partial charge in [0.15, 0.2) is 17.5 Å². The third kappa shape index (κ3) is 3.42. The molecule has 120 valence electrons. The van der Waals surface area contributed by atoms with Crippen LogP contribution in [0.3, 0.4) is 0 Å². The Labute approximate surface area is 129 Å². The Kier molecular flexibility index (Phi) is 4.54. The van der Waals surface area contributed by atoms with Crippen LogP contribution in [0.25, 0.3) is 0 Å². The lowest BCUT2D eigenvalue weighted by atomic mass is 10.2. The van der Waals surface area contributed by atoms with E-state index >= 15 is 0 Å². The number of nitrogen functional groups attached to an aromatic ring is 1. The lowest BCUT2D eigenvalue weighted by Gasteiger charge is -2.20. The highest BCUT2D eigenvalue weighted by molar-refractivity contribution is 6.17.